The van der Waals surface area contributed by atoms with Crippen LogP contribution in [0.15, 0.2) is 38.0 Å². The number of rotatable bonds is 2. The number of halogens is 4. The van der Waals surface area contributed by atoms with Gasteiger partial charge in [0.05, 0.1) is 30.0 Å². The van der Waals surface area contributed by atoms with Crippen molar-refractivity contribution in [1.29, 1.82) is 0 Å². The second-order valence-corrected chi connectivity index (χ2v) is 7.40. The van der Waals surface area contributed by atoms with Crippen LogP contribution in [-0.4, -0.2) is 15.1 Å². The van der Waals surface area contributed by atoms with Crippen LogP contribution in [0.4, 0.5) is 0 Å². The summed E-state index contributed by atoms with van der Waals surface area (Å²) in [5.41, 5.74) is 1.96. The minimum Gasteiger partial charge on any atom is -0.506 e. The number of phenolic OH excluding ortho intramolecular Hbond substituents is 1. The van der Waals surface area contributed by atoms with E-state index in [2.05, 4.69) is 41.8 Å². The number of hydrogen-bond donors (Lipinski definition) is 2. The molecule has 0 fully saturated rings. The molecule has 0 bridgehead atoms. The zero-order chi connectivity index (χ0) is 16.7. The molecule has 118 valence electrons. The van der Waals surface area contributed by atoms with Crippen LogP contribution in [0.25, 0.3) is 11.0 Å². The van der Waals surface area contributed by atoms with Gasteiger partial charge in [0.2, 0.25) is 0 Å². The van der Waals surface area contributed by atoms with Crippen LogP contribution in [0.2, 0.25) is 10.0 Å². The average molecular weight is 479 g/mol. The topological polar surface area (TPSA) is 66.0 Å². The van der Waals surface area contributed by atoms with Crippen molar-refractivity contribution in [3.05, 3.63) is 64.9 Å². The molecular formula is C15H8Br2Cl2N2O2. The van der Waals surface area contributed by atoms with Crippen LogP contribution in [-0.2, 0) is 6.42 Å². The minimum atomic E-state index is -0.295. The molecule has 2 N–H and O–H groups in total. The van der Waals surface area contributed by atoms with Gasteiger partial charge in [-0.25, -0.2) is 4.98 Å². The lowest BCUT2D eigenvalue weighted by Crippen LogP contribution is -2.15. The van der Waals surface area contributed by atoms with E-state index in [1.165, 1.54) is 0 Å². The monoisotopic (exact) mass is 476 g/mol. The lowest BCUT2D eigenvalue weighted by molar-refractivity contribution is 0.468. The SMILES string of the molecule is O=c1[nH]c2cc(Cl)c(Cl)cc2nc1Cc1cc(Br)c(O)c(Br)c1. The molecule has 0 unspecified atom stereocenters. The molecule has 0 aliphatic carbocycles. The number of fused-ring (bicyclic) bond motifs is 1. The molecule has 0 radical (unpaired) electrons. The van der Waals surface area contributed by atoms with Crippen molar-refractivity contribution in [1.82, 2.24) is 9.97 Å². The number of aromatic hydroxyl groups is 1. The highest BCUT2D eigenvalue weighted by molar-refractivity contribution is 9.11. The Morgan fingerprint density at radius 2 is 1.70 bits per heavy atom. The van der Waals surface area contributed by atoms with Gasteiger partial charge in [0, 0.05) is 6.42 Å². The van der Waals surface area contributed by atoms with E-state index < -0.39 is 0 Å². The quantitative estimate of drug-likeness (QED) is 0.541. The first-order chi connectivity index (χ1) is 10.8. The standard InChI is InChI=1S/C15H8Br2Cl2N2O2/c16-7-1-6(2-8(17)14(7)22)3-13-15(23)21-12-5-10(19)9(18)4-11(12)20-13/h1-2,4-5,22H,3H2,(H,21,23). The van der Waals surface area contributed by atoms with E-state index in [-0.39, 0.29) is 11.3 Å². The van der Waals surface area contributed by atoms with Crippen molar-refractivity contribution in [3.63, 3.8) is 0 Å². The van der Waals surface area contributed by atoms with Gasteiger partial charge in [0.25, 0.3) is 5.56 Å². The van der Waals surface area contributed by atoms with Crippen molar-refractivity contribution in [3.8, 4) is 5.75 Å². The van der Waals surface area contributed by atoms with Crippen molar-refractivity contribution in [2.45, 2.75) is 6.42 Å². The average Bonchev–Trinajstić information content (AvgIpc) is 2.48. The van der Waals surface area contributed by atoms with Gasteiger partial charge in [0.15, 0.2) is 0 Å². The summed E-state index contributed by atoms with van der Waals surface area (Å²) >= 11 is 18.5. The molecule has 23 heavy (non-hydrogen) atoms. The van der Waals surface area contributed by atoms with Crippen LogP contribution in [0, 0.1) is 0 Å². The molecule has 4 nitrogen and oxygen atoms in total. The maximum atomic E-state index is 12.2. The van der Waals surface area contributed by atoms with E-state index >= 15 is 0 Å². The Labute approximate surface area is 157 Å². The lowest BCUT2D eigenvalue weighted by atomic mass is 10.1. The van der Waals surface area contributed by atoms with Crippen molar-refractivity contribution in [2.75, 3.05) is 0 Å². The summed E-state index contributed by atoms with van der Waals surface area (Å²) in [6.07, 6.45) is 0.309. The van der Waals surface area contributed by atoms with E-state index in [9.17, 15) is 9.90 Å². The summed E-state index contributed by atoms with van der Waals surface area (Å²) in [7, 11) is 0. The predicted octanol–water partition coefficient (Wildman–Crippen LogP) is 5.05. The molecule has 0 saturated heterocycles. The molecule has 0 aliphatic heterocycles. The fourth-order valence-electron chi connectivity index (χ4n) is 2.15. The molecule has 1 heterocycles. The number of nitrogens with zero attached hydrogens (tertiary/aromatic N) is 1. The van der Waals surface area contributed by atoms with Gasteiger partial charge in [-0.2, -0.15) is 0 Å². The van der Waals surface area contributed by atoms with Gasteiger partial charge in [-0.1, -0.05) is 23.2 Å². The second kappa shape index (κ2) is 6.43. The van der Waals surface area contributed by atoms with Crippen molar-refractivity contribution in [2.24, 2.45) is 0 Å². The Hall–Kier alpha value is -1.08. The number of aromatic amines is 1. The van der Waals surface area contributed by atoms with Gasteiger partial charge >= 0.3 is 0 Å². The zero-order valence-electron chi connectivity index (χ0n) is 11.3. The number of H-pyrrole nitrogens is 1. The summed E-state index contributed by atoms with van der Waals surface area (Å²) in [5, 5.41) is 10.5. The summed E-state index contributed by atoms with van der Waals surface area (Å²) in [5.74, 6) is 0.107. The van der Waals surface area contributed by atoms with E-state index in [4.69, 9.17) is 23.2 Å². The van der Waals surface area contributed by atoms with Crippen LogP contribution >= 0.6 is 55.1 Å². The van der Waals surface area contributed by atoms with Gasteiger partial charge in [-0.3, -0.25) is 4.79 Å². The normalized spacial score (nSPS) is 11.1. The van der Waals surface area contributed by atoms with Crippen molar-refractivity contribution < 1.29 is 5.11 Å². The highest BCUT2D eigenvalue weighted by Gasteiger charge is 2.11. The number of hydrogen-bond acceptors (Lipinski definition) is 3. The fraction of sp³-hybridized carbons (Fsp3) is 0.0667. The van der Waals surface area contributed by atoms with Gasteiger partial charge < -0.3 is 10.1 Å². The number of benzene rings is 2. The first kappa shape index (κ1) is 16.8. The molecule has 0 atom stereocenters. The van der Waals surface area contributed by atoms with Crippen LogP contribution in [0.1, 0.15) is 11.3 Å². The summed E-state index contributed by atoms with van der Waals surface area (Å²) in [6.45, 7) is 0. The Balaban J connectivity index is 2.08. The summed E-state index contributed by atoms with van der Waals surface area (Å²) in [4.78, 5) is 19.3. The number of nitrogens with one attached hydrogen (secondary N) is 1. The fourth-order valence-corrected chi connectivity index (χ4v) is 3.76. The minimum absolute atomic E-state index is 0.107. The second-order valence-electron chi connectivity index (χ2n) is 4.88. The Kier molecular flexibility index (Phi) is 4.69. The molecule has 8 heteroatoms. The zero-order valence-corrected chi connectivity index (χ0v) is 16.0. The molecule has 2 aromatic carbocycles. The molecule has 3 rings (SSSR count). The smallest absolute Gasteiger partial charge is 0.270 e. The van der Waals surface area contributed by atoms with Gasteiger partial charge in [0.1, 0.15) is 11.4 Å². The molecule has 0 spiro atoms. The largest absolute Gasteiger partial charge is 0.506 e. The van der Waals surface area contributed by atoms with E-state index in [0.717, 1.165) is 5.56 Å². The third-order valence-corrected chi connectivity index (χ3v) is 5.18. The molecule has 0 saturated carbocycles. The van der Waals surface area contributed by atoms with E-state index in [1.54, 1.807) is 24.3 Å². The molecule has 0 aliphatic rings. The Bertz CT molecular complexity index is 966. The summed E-state index contributed by atoms with van der Waals surface area (Å²) < 4.78 is 1.07. The van der Waals surface area contributed by atoms with Gasteiger partial charge in [-0.05, 0) is 61.7 Å². The Morgan fingerprint density at radius 3 is 2.35 bits per heavy atom. The van der Waals surface area contributed by atoms with Crippen LogP contribution < -0.4 is 5.56 Å². The highest BCUT2D eigenvalue weighted by atomic mass is 79.9. The molecule has 3 aromatic rings. The molecule has 0 amide bonds. The maximum Gasteiger partial charge on any atom is 0.270 e. The first-order valence-corrected chi connectivity index (χ1v) is 8.74. The predicted molar refractivity (Wildman–Crippen MR) is 98.7 cm³/mol. The Morgan fingerprint density at radius 1 is 1.09 bits per heavy atom. The number of aromatic nitrogens is 2. The van der Waals surface area contributed by atoms with Crippen molar-refractivity contribution >= 4 is 66.1 Å². The van der Waals surface area contributed by atoms with Gasteiger partial charge in [-0.15, -0.1) is 0 Å². The third-order valence-electron chi connectivity index (χ3n) is 3.25. The maximum absolute atomic E-state index is 12.2. The van der Waals surface area contributed by atoms with Crippen LogP contribution in [0.5, 0.6) is 5.75 Å². The molecule has 1 aromatic heterocycles. The van der Waals surface area contributed by atoms with Crippen LogP contribution in [0.3, 0.4) is 0 Å². The highest BCUT2D eigenvalue weighted by Crippen LogP contribution is 2.33. The van der Waals surface area contributed by atoms with E-state index in [1.807, 2.05) is 0 Å². The number of phenols is 1. The van der Waals surface area contributed by atoms with E-state index in [0.29, 0.717) is 42.1 Å². The summed E-state index contributed by atoms with van der Waals surface area (Å²) in [6, 6.07) is 6.66. The third kappa shape index (κ3) is 3.40. The molecular weight excluding hydrogens is 471 g/mol. The first-order valence-electron chi connectivity index (χ1n) is 6.40. The lowest BCUT2D eigenvalue weighted by Gasteiger charge is -2.07.